The number of nitrogens with zero attached hydrogens (tertiary/aromatic N) is 1. The molecular formula is C17H30N2O. The maximum atomic E-state index is 13.3. The van der Waals surface area contributed by atoms with Crippen LogP contribution in [0, 0.1) is 11.3 Å². The largest absolute Gasteiger partial charge is 0.339 e. The summed E-state index contributed by atoms with van der Waals surface area (Å²) in [5.74, 6) is 1.30. The third-order valence-electron chi connectivity index (χ3n) is 5.91. The van der Waals surface area contributed by atoms with E-state index >= 15 is 0 Å². The summed E-state index contributed by atoms with van der Waals surface area (Å²) in [4.78, 5) is 15.6. The molecule has 3 atom stereocenters. The molecule has 0 aromatic carbocycles. The van der Waals surface area contributed by atoms with Crippen LogP contribution in [0.1, 0.15) is 64.7 Å². The van der Waals surface area contributed by atoms with E-state index in [1.165, 1.54) is 32.1 Å². The van der Waals surface area contributed by atoms with E-state index in [4.69, 9.17) is 0 Å². The molecule has 2 aliphatic heterocycles. The molecule has 1 amide bonds. The first kappa shape index (κ1) is 14.4. The summed E-state index contributed by atoms with van der Waals surface area (Å²) in [6.07, 6.45) is 11.0. The molecule has 0 radical (unpaired) electrons. The van der Waals surface area contributed by atoms with Crippen LogP contribution in [0.5, 0.6) is 0 Å². The Morgan fingerprint density at radius 2 is 2.10 bits per heavy atom. The van der Waals surface area contributed by atoms with Gasteiger partial charge in [-0.1, -0.05) is 19.8 Å². The summed E-state index contributed by atoms with van der Waals surface area (Å²) >= 11 is 0. The second-order valence-corrected chi connectivity index (χ2v) is 7.21. The van der Waals surface area contributed by atoms with Crippen molar-refractivity contribution >= 4 is 5.91 Å². The molecule has 3 fully saturated rings. The maximum absolute atomic E-state index is 13.3. The molecule has 1 N–H and O–H groups in total. The number of piperidine rings is 2. The van der Waals surface area contributed by atoms with E-state index in [0.717, 1.165) is 51.2 Å². The Hall–Kier alpha value is -0.570. The highest BCUT2D eigenvalue weighted by molar-refractivity contribution is 5.83. The van der Waals surface area contributed by atoms with Crippen molar-refractivity contribution in [2.24, 2.45) is 11.3 Å². The van der Waals surface area contributed by atoms with Gasteiger partial charge in [0.15, 0.2) is 0 Å². The molecule has 3 nitrogen and oxygen atoms in total. The fraction of sp³-hybridized carbons (Fsp3) is 0.941. The van der Waals surface area contributed by atoms with Crippen molar-refractivity contribution in [3.8, 4) is 0 Å². The maximum Gasteiger partial charge on any atom is 0.230 e. The monoisotopic (exact) mass is 278 g/mol. The molecule has 2 heterocycles. The van der Waals surface area contributed by atoms with Gasteiger partial charge < -0.3 is 10.2 Å². The second kappa shape index (κ2) is 6.05. The number of rotatable bonds is 3. The summed E-state index contributed by atoms with van der Waals surface area (Å²) in [6, 6.07) is 0.576. The van der Waals surface area contributed by atoms with Crippen LogP contribution in [0.15, 0.2) is 0 Å². The lowest BCUT2D eigenvalue weighted by atomic mass is 9.74. The topological polar surface area (TPSA) is 32.3 Å². The van der Waals surface area contributed by atoms with Gasteiger partial charge in [0.1, 0.15) is 0 Å². The van der Waals surface area contributed by atoms with Crippen LogP contribution in [0.2, 0.25) is 0 Å². The van der Waals surface area contributed by atoms with Crippen LogP contribution in [-0.2, 0) is 4.79 Å². The van der Waals surface area contributed by atoms with E-state index in [-0.39, 0.29) is 5.41 Å². The highest BCUT2D eigenvalue weighted by Crippen LogP contribution is 2.41. The molecule has 3 heteroatoms. The van der Waals surface area contributed by atoms with Gasteiger partial charge in [-0.25, -0.2) is 0 Å². The second-order valence-electron chi connectivity index (χ2n) is 7.21. The van der Waals surface area contributed by atoms with Crippen molar-refractivity contribution in [2.45, 2.75) is 70.8 Å². The zero-order valence-corrected chi connectivity index (χ0v) is 13.0. The molecule has 1 aliphatic carbocycles. The van der Waals surface area contributed by atoms with E-state index < -0.39 is 0 Å². The van der Waals surface area contributed by atoms with Crippen molar-refractivity contribution in [3.05, 3.63) is 0 Å². The number of nitrogens with one attached hydrogen (secondary N) is 1. The SMILES string of the molecule is CCCC1(C(=O)N2CCCC3CCCC32)CCCNC1. The number of likely N-dealkylation sites (tertiary alicyclic amines) is 1. The molecule has 1 saturated carbocycles. The van der Waals surface area contributed by atoms with Crippen molar-refractivity contribution in [2.75, 3.05) is 19.6 Å². The Morgan fingerprint density at radius 3 is 2.85 bits per heavy atom. The van der Waals surface area contributed by atoms with Gasteiger partial charge in [0, 0.05) is 19.1 Å². The Labute approximate surface area is 123 Å². The zero-order valence-electron chi connectivity index (χ0n) is 13.0. The standard InChI is InChI=1S/C17H30N2O/c1-2-9-17(10-5-11-18-13-17)16(20)19-12-4-7-14-6-3-8-15(14)19/h14-15,18H,2-13H2,1H3. The van der Waals surface area contributed by atoms with Crippen LogP contribution in [0.25, 0.3) is 0 Å². The van der Waals surface area contributed by atoms with E-state index in [9.17, 15) is 4.79 Å². The number of fused-ring (bicyclic) bond motifs is 1. The molecule has 3 aliphatic rings. The number of hydrogen-bond donors (Lipinski definition) is 1. The smallest absolute Gasteiger partial charge is 0.230 e. The minimum absolute atomic E-state index is 0.0858. The minimum Gasteiger partial charge on any atom is -0.339 e. The normalized spacial score (nSPS) is 37.8. The zero-order chi connectivity index (χ0) is 14.0. The fourth-order valence-electron chi connectivity index (χ4n) is 4.96. The van der Waals surface area contributed by atoms with Crippen LogP contribution in [0.3, 0.4) is 0 Å². The number of carbonyl (C=O) groups excluding carboxylic acids is 1. The lowest BCUT2D eigenvalue weighted by Gasteiger charge is -2.45. The van der Waals surface area contributed by atoms with Crippen molar-refractivity contribution < 1.29 is 4.79 Å². The third kappa shape index (κ3) is 2.49. The molecule has 3 unspecified atom stereocenters. The number of amides is 1. The van der Waals surface area contributed by atoms with Crippen LogP contribution < -0.4 is 5.32 Å². The molecule has 0 aromatic rings. The minimum atomic E-state index is -0.0858. The van der Waals surface area contributed by atoms with Crippen molar-refractivity contribution in [1.82, 2.24) is 10.2 Å². The van der Waals surface area contributed by atoms with E-state index in [1.54, 1.807) is 0 Å². The summed E-state index contributed by atoms with van der Waals surface area (Å²) in [6.45, 7) is 5.24. The first-order valence-electron chi connectivity index (χ1n) is 8.79. The first-order valence-corrected chi connectivity index (χ1v) is 8.79. The van der Waals surface area contributed by atoms with Gasteiger partial charge in [0.05, 0.1) is 5.41 Å². The Balaban J connectivity index is 1.77. The van der Waals surface area contributed by atoms with E-state index in [0.29, 0.717) is 11.9 Å². The molecule has 20 heavy (non-hydrogen) atoms. The van der Waals surface area contributed by atoms with E-state index in [2.05, 4.69) is 17.1 Å². The summed E-state index contributed by atoms with van der Waals surface area (Å²) in [5.41, 5.74) is -0.0858. The molecule has 0 bridgehead atoms. The summed E-state index contributed by atoms with van der Waals surface area (Å²) < 4.78 is 0. The highest BCUT2D eigenvalue weighted by atomic mass is 16.2. The summed E-state index contributed by atoms with van der Waals surface area (Å²) in [5, 5.41) is 3.49. The fourth-order valence-corrected chi connectivity index (χ4v) is 4.96. The van der Waals surface area contributed by atoms with Crippen LogP contribution in [-0.4, -0.2) is 36.5 Å². The lowest BCUT2D eigenvalue weighted by Crippen LogP contribution is -2.56. The first-order chi connectivity index (χ1) is 9.77. The van der Waals surface area contributed by atoms with Gasteiger partial charge in [0.2, 0.25) is 5.91 Å². The average molecular weight is 278 g/mol. The Bertz CT molecular complexity index is 343. The van der Waals surface area contributed by atoms with Crippen molar-refractivity contribution in [3.63, 3.8) is 0 Å². The number of hydrogen-bond acceptors (Lipinski definition) is 2. The molecule has 114 valence electrons. The van der Waals surface area contributed by atoms with E-state index in [1.807, 2.05) is 0 Å². The van der Waals surface area contributed by atoms with Gasteiger partial charge in [-0.15, -0.1) is 0 Å². The third-order valence-corrected chi connectivity index (χ3v) is 5.91. The molecule has 3 rings (SSSR count). The highest BCUT2D eigenvalue weighted by Gasteiger charge is 2.46. The van der Waals surface area contributed by atoms with Gasteiger partial charge in [0.25, 0.3) is 0 Å². The predicted molar refractivity (Wildman–Crippen MR) is 81.5 cm³/mol. The molecule has 0 aromatic heterocycles. The van der Waals surface area contributed by atoms with Crippen LogP contribution in [0.4, 0.5) is 0 Å². The quantitative estimate of drug-likeness (QED) is 0.861. The summed E-state index contributed by atoms with van der Waals surface area (Å²) in [7, 11) is 0. The van der Waals surface area contributed by atoms with Gasteiger partial charge in [-0.3, -0.25) is 4.79 Å². The molecular weight excluding hydrogens is 248 g/mol. The average Bonchev–Trinajstić information content (AvgIpc) is 2.96. The number of carbonyl (C=O) groups is 1. The molecule has 0 spiro atoms. The Kier molecular flexibility index (Phi) is 4.34. The Morgan fingerprint density at radius 1 is 1.25 bits per heavy atom. The lowest BCUT2D eigenvalue weighted by molar-refractivity contribution is -0.148. The van der Waals surface area contributed by atoms with Gasteiger partial charge >= 0.3 is 0 Å². The van der Waals surface area contributed by atoms with Crippen molar-refractivity contribution in [1.29, 1.82) is 0 Å². The van der Waals surface area contributed by atoms with Crippen LogP contribution >= 0.6 is 0 Å². The molecule has 2 saturated heterocycles. The predicted octanol–water partition coefficient (Wildman–Crippen LogP) is 2.95. The van der Waals surface area contributed by atoms with Gasteiger partial charge in [-0.2, -0.15) is 0 Å². The van der Waals surface area contributed by atoms with Gasteiger partial charge in [-0.05, 0) is 57.4 Å².